The molecule has 0 amide bonds. The van der Waals surface area contributed by atoms with Gasteiger partial charge in [-0.2, -0.15) is 0 Å². The molecular weight excluding hydrogens is 635 g/mol. The van der Waals surface area contributed by atoms with E-state index in [0.29, 0.717) is 0 Å². The molecule has 0 bridgehead atoms. The highest BCUT2D eigenvalue weighted by molar-refractivity contribution is 7.25. The monoisotopic (exact) mass is 663 g/mol. The lowest BCUT2D eigenvalue weighted by Crippen LogP contribution is -2.26. The summed E-state index contributed by atoms with van der Waals surface area (Å²) >= 11 is 1.86. The minimum Gasteiger partial charge on any atom is -0.310 e. The molecular formula is C49H29NS. The molecule has 236 valence electrons. The van der Waals surface area contributed by atoms with Gasteiger partial charge >= 0.3 is 0 Å². The summed E-state index contributed by atoms with van der Waals surface area (Å²) in [7, 11) is 0. The Balaban J connectivity index is 1.17. The van der Waals surface area contributed by atoms with E-state index in [-0.39, 0.29) is 0 Å². The molecule has 11 rings (SSSR count). The van der Waals surface area contributed by atoms with E-state index in [0.717, 1.165) is 22.6 Å². The molecule has 1 heterocycles. The van der Waals surface area contributed by atoms with Gasteiger partial charge in [-0.25, -0.2) is 0 Å². The van der Waals surface area contributed by atoms with E-state index in [2.05, 4.69) is 187 Å². The van der Waals surface area contributed by atoms with E-state index in [9.17, 15) is 0 Å². The van der Waals surface area contributed by atoms with Crippen molar-refractivity contribution >= 4 is 48.6 Å². The quantitative estimate of drug-likeness (QED) is 0.181. The highest BCUT2D eigenvalue weighted by Crippen LogP contribution is 2.63. The Morgan fingerprint density at radius 2 is 1.06 bits per heavy atom. The van der Waals surface area contributed by atoms with Crippen LogP contribution in [0.15, 0.2) is 176 Å². The molecule has 9 aromatic rings. The summed E-state index contributed by atoms with van der Waals surface area (Å²) < 4.78 is 2.61. The van der Waals surface area contributed by atoms with Gasteiger partial charge in [0.15, 0.2) is 0 Å². The zero-order chi connectivity index (χ0) is 33.5. The highest BCUT2D eigenvalue weighted by Gasteiger charge is 2.51. The molecule has 0 N–H and O–H groups in total. The van der Waals surface area contributed by atoms with Gasteiger partial charge < -0.3 is 4.90 Å². The van der Waals surface area contributed by atoms with Gasteiger partial charge in [-0.15, -0.1) is 11.3 Å². The van der Waals surface area contributed by atoms with Gasteiger partial charge in [-0.05, 0) is 111 Å². The lowest BCUT2D eigenvalue weighted by atomic mass is 9.70. The van der Waals surface area contributed by atoms with Crippen LogP contribution in [0.5, 0.6) is 0 Å². The van der Waals surface area contributed by atoms with Crippen molar-refractivity contribution in [2.24, 2.45) is 0 Å². The van der Waals surface area contributed by atoms with Crippen molar-refractivity contribution in [2.75, 3.05) is 4.90 Å². The molecule has 1 aromatic heterocycles. The average molecular weight is 664 g/mol. The predicted octanol–water partition coefficient (Wildman–Crippen LogP) is 13.1. The molecule has 2 aliphatic carbocycles. The third-order valence-corrected chi connectivity index (χ3v) is 12.1. The molecule has 0 saturated carbocycles. The zero-order valence-corrected chi connectivity index (χ0v) is 28.4. The van der Waals surface area contributed by atoms with Crippen LogP contribution in [0, 0.1) is 12.1 Å². The summed E-state index contributed by atoms with van der Waals surface area (Å²) in [6.45, 7) is 0. The second-order valence-corrected chi connectivity index (χ2v) is 14.6. The molecule has 2 aliphatic rings. The maximum atomic E-state index is 3.55. The minimum atomic E-state index is -0.449. The summed E-state index contributed by atoms with van der Waals surface area (Å²) in [5.74, 6) is 0. The van der Waals surface area contributed by atoms with Gasteiger partial charge in [0, 0.05) is 42.8 Å². The number of hydrogen-bond acceptors (Lipinski definition) is 2. The van der Waals surface area contributed by atoms with E-state index in [4.69, 9.17) is 0 Å². The van der Waals surface area contributed by atoms with Crippen LogP contribution in [0.2, 0.25) is 0 Å². The van der Waals surface area contributed by atoms with E-state index in [1.54, 1.807) is 0 Å². The average Bonchev–Trinajstić information content (AvgIpc) is 3.82. The summed E-state index contributed by atoms with van der Waals surface area (Å²) in [5, 5.41) is 2.58. The number of fused-ring (bicyclic) bond motifs is 13. The minimum absolute atomic E-state index is 0.449. The lowest BCUT2D eigenvalue weighted by Gasteiger charge is -2.32. The summed E-state index contributed by atoms with van der Waals surface area (Å²) in [6.07, 6.45) is 0. The van der Waals surface area contributed by atoms with Crippen molar-refractivity contribution in [1.82, 2.24) is 0 Å². The first-order valence-corrected chi connectivity index (χ1v) is 18.2. The Bertz CT molecular complexity index is 2750. The number of anilines is 3. The lowest BCUT2D eigenvalue weighted by molar-refractivity contribution is 0.794. The molecule has 1 nitrogen and oxygen atoms in total. The summed E-state index contributed by atoms with van der Waals surface area (Å²) in [5.41, 5.74) is 15.5. The van der Waals surface area contributed by atoms with Gasteiger partial charge in [-0.3, -0.25) is 0 Å². The largest absolute Gasteiger partial charge is 0.310 e. The first-order chi connectivity index (χ1) is 25.3. The van der Waals surface area contributed by atoms with E-state index < -0.39 is 5.41 Å². The molecule has 0 unspecified atom stereocenters. The van der Waals surface area contributed by atoms with E-state index in [1.165, 1.54) is 70.2 Å². The molecule has 0 atom stereocenters. The molecule has 1 spiro atoms. The Kier molecular flexibility index (Phi) is 6.02. The van der Waals surface area contributed by atoms with Crippen molar-refractivity contribution in [2.45, 2.75) is 5.41 Å². The van der Waals surface area contributed by atoms with Crippen molar-refractivity contribution in [3.8, 4) is 33.4 Å². The van der Waals surface area contributed by atoms with E-state index in [1.807, 2.05) is 17.4 Å². The second-order valence-electron chi connectivity index (χ2n) is 13.5. The zero-order valence-electron chi connectivity index (χ0n) is 27.6. The number of thiophene rings is 1. The summed E-state index contributed by atoms with van der Waals surface area (Å²) in [4.78, 5) is 2.43. The fourth-order valence-corrected chi connectivity index (χ4v) is 9.89. The maximum absolute atomic E-state index is 3.55. The van der Waals surface area contributed by atoms with Crippen LogP contribution in [0.4, 0.5) is 17.1 Å². The van der Waals surface area contributed by atoms with Crippen LogP contribution < -0.4 is 4.90 Å². The van der Waals surface area contributed by atoms with Crippen molar-refractivity contribution < 1.29 is 0 Å². The van der Waals surface area contributed by atoms with Crippen molar-refractivity contribution in [3.63, 3.8) is 0 Å². The smallest absolute Gasteiger partial charge is 0.0733 e. The highest BCUT2D eigenvalue weighted by atomic mass is 32.1. The van der Waals surface area contributed by atoms with Crippen LogP contribution in [-0.2, 0) is 5.41 Å². The Morgan fingerprint density at radius 3 is 1.86 bits per heavy atom. The van der Waals surface area contributed by atoms with Gasteiger partial charge in [0.05, 0.1) is 5.41 Å². The molecule has 0 fully saturated rings. The Hall–Kier alpha value is -6.40. The van der Waals surface area contributed by atoms with Gasteiger partial charge in [0.1, 0.15) is 0 Å². The second kappa shape index (κ2) is 10.8. The van der Waals surface area contributed by atoms with Crippen LogP contribution in [0.3, 0.4) is 0 Å². The van der Waals surface area contributed by atoms with Crippen molar-refractivity contribution in [3.05, 3.63) is 210 Å². The first kappa shape index (κ1) is 28.4. The first-order valence-electron chi connectivity index (χ1n) is 17.4. The number of benzene rings is 7. The van der Waals surface area contributed by atoms with Crippen LogP contribution in [0.25, 0.3) is 53.6 Å². The predicted molar refractivity (Wildman–Crippen MR) is 213 cm³/mol. The number of hydrogen-bond donors (Lipinski definition) is 0. The Morgan fingerprint density at radius 1 is 0.431 bits per heavy atom. The third kappa shape index (κ3) is 3.99. The van der Waals surface area contributed by atoms with E-state index >= 15 is 0 Å². The fraction of sp³-hybridized carbons (Fsp3) is 0.0204. The number of rotatable bonds is 4. The SMILES string of the molecule is c1ccc2c(c#1)-c1ccc(N(c3ccc(-c4ccccc4)cc3)c3ccc4sc5ccccc5c4c3)cc1C21c2ccccc2-c2ccccc21. The molecule has 0 radical (unpaired) electrons. The van der Waals surface area contributed by atoms with Gasteiger partial charge in [-0.1, -0.05) is 127 Å². The normalized spacial score (nSPS) is 13.1. The third-order valence-electron chi connectivity index (χ3n) is 10.9. The summed E-state index contributed by atoms with van der Waals surface area (Å²) in [6, 6.07) is 71.4. The standard InChI is InChI=1S/C49H29NS/c1-2-12-32(13-3-1)33-22-24-34(25-23-33)50(35-27-29-48-42(30-35)41-17-7-11-21-47(41)51-48)36-26-28-40-39-16-6-10-20-45(39)49(46(40)31-36)43-18-8-4-14-37(43)38-15-5-9-19-44(38)49/h1-5,7-15,17-31H. The molecule has 51 heavy (non-hydrogen) atoms. The molecule has 2 heteroatoms. The van der Waals surface area contributed by atoms with Crippen LogP contribution >= 0.6 is 11.3 Å². The van der Waals surface area contributed by atoms with Gasteiger partial charge in [0.25, 0.3) is 0 Å². The van der Waals surface area contributed by atoms with Crippen molar-refractivity contribution in [1.29, 1.82) is 0 Å². The maximum Gasteiger partial charge on any atom is 0.0733 e. The topological polar surface area (TPSA) is 3.24 Å². The fourth-order valence-electron chi connectivity index (χ4n) is 8.81. The Labute approximate surface area is 301 Å². The number of nitrogens with zero attached hydrogens (tertiary/aromatic N) is 1. The molecule has 8 aromatic carbocycles. The van der Waals surface area contributed by atoms with Crippen LogP contribution in [0.1, 0.15) is 22.3 Å². The van der Waals surface area contributed by atoms with Crippen LogP contribution in [-0.4, -0.2) is 0 Å². The van der Waals surface area contributed by atoms with Gasteiger partial charge in [0.2, 0.25) is 0 Å². The molecule has 0 saturated heterocycles. The molecule has 0 aliphatic heterocycles.